The fraction of sp³-hybridized carbons (Fsp3) is 0.286. The Kier molecular flexibility index (Phi) is 10.1. The first-order valence-electron chi connectivity index (χ1n) is 5.62. The molecule has 0 radical (unpaired) electrons. The molecular formula is C14H19Cl2OSiTi-. The van der Waals surface area contributed by atoms with E-state index in [-0.39, 0.29) is 46.5 Å². The van der Waals surface area contributed by atoms with Gasteiger partial charge in [-0.3, -0.25) is 0 Å². The summed E-state index contributed by atoms with van der Waals surface area (Å²) in [6.45, 7) is 6.60. The van der Waals surface area contributed by atoms with Crippen molar-refractivity contribution in [3.63, 3.8) is 0 Å². The van der Waals surface area contributed by atoms with Crippen LogP contribution < -0.4 is 4.43 Å². The van der Waals surface area contributed by atoms with Gasteiger partial charge >= 0.3 is 0 Å². The molecular weight excluding hydrogens is 331 g/mol. The molecule has 5 heteroatoms. The molecule has 0 heterocycles. The first-order valence-corrected chi connectivity index (χ1v) is 9.03. The van der Waals surface area contributed by atoms with Gasteiger partial charge in [0.1, 0.15) is 0 Å². The van der Waals surface area contributed by atoms with Gasteiger partial charge in [0.05, 0.1) is 5.75 Å². The van der Waals surface area contributed by atoms with Crippen LogP contribution in [0.25, 0.3) is 5.57 Å². The molecule has 0 bridgehead atoms. The number of halogens is 2. The summed E-state index contributed by atoms with van der Waals surface area (Å²) in [7, 11) is -1.55. The summed E-state index contributed by atoms with van der Waals surface area (Å²) in [4.78, 5) is 0. The smallest absolute Gasteiger partial charge is 0.240 e. The zero-order chi connectivity index (χ0) is 11.6. The van der Waals surface area contributed by atoms with Crippen LogP contribution in [-0.2, 0) is 21.7 Å². The number of allylic oxidation sites excluding steroid dienone is 4. The topological polar surface area (TPSA) is 9.23 Å². The van der Waals surface area contributed by atoms with Gasteiger partial charge in [0.25, 0.3) is 0 Å². The zero-order valence-corrected chi connectivity index (χ0v) is 15.6. The van der Waals surface area contributed by atoms with E-state index in [4.69, 9.17) is 4.43 Å². The fourth-order valence-corrected chi connectivity index (χ4v) is 2.54. The van der Waals surface area contributed by atoms with Gasteiger partial charge < -0.3 is 4.43 Å². The Labute approximate surface area is 144 Å². The molecule has 104 valence electrons. The second-order valence-corrected chi connectivity index (χ2v) is 9.34. The minimum Gasteiger partial charge on any atom is -0.553 e. The molecule has 0 atom stereocenters. The summed E-state index contributed by atoms with van der Waals surface area (Å²) < 4.78 is 6.09. The molecule has 19 heavy (non-hydrogen) atoms. The van der Waals surface area contributed by atoms with Crippen LogP contribution in [0.15, 0.2) is 36.4 Å². The minimum absolute atomic E-state index is 0. The third-order valence-corrected chi connectivity index (χ3v) is 3.12. The van der Waals surface area contributed by atoms with Crippen LogP contribution in [0.2, 0.25) is 19.6 Å². The summed E-state index contributed by atoms with van der Waals surface area (Å²) in [6.07, 6.45) is 8.50. The Hall–Kier alpha value is 0.0112. The molecule has 1 nitrogen and oxygen atoms in total. The van der Waals surface area contributed by atoms with E-state index in [1.54, 1.807) is 0 Å². The van der Waals surface area contributed by atoms with E-state index >= 15 is 0 Å². The molecule has 0 aromatic heterocycles. The van der Waals surface area contributed by atoms with Crippen molar-refractivity contribution in [2.45, 2.75) is 26.1 Å². The van der Waals surface area contributed by atoms with Gasteiger partial charge in [0.2, 0.25) is 8.32 Å². The summed E-state index contributed by atoms with van der Waals surface area (Å²) in [6, 6.07) is 8.23. The van der Waals surface area contributed by atoms with Gasteiger partial charge in [-0.05, 0) is 25.7 Å². The minimum atomic E-state index is -1.55. The van der Waals surface area contributed by atoms with Crippen LogP contribution >= 0.6 is 24.8 Å². The van der Waals surface area contributed by atoms with Gasteiger partial charge in [-0.15, -0.1) is 37.0 Å². The molecule has 0 N–H and O–H groups in total. The number of hydrogen-bond donors (Lipinski definition) is 0. The number of benzene rings is 1. The number of rotatable bonds is 3. The van der Waals surface area contributed by atoms with E-state index in [9.17, 15) is 0 Å². The van der Waals surface area contributed by atoms with E-state index in [1.807, 2.05) is 12.1 Å². The van der Waals surface area contributed by atoms with E-state index in [2.05, 4.69) is 50.0 Å². The standard InChI is InChI=1S/C14H17OSi.2ClH.Ti/c1-16(2,3)15-14-11-7-6-10-13(14)12-8-4-5-9-12;;;/h4,6-8,10-11H,5H2,1-3H3;2*1H;/q-1;;;. The molecule has 0 saturated heterocycles. The van der Waals surface area contributed by atoms with Crippen molar-refractivity contribution in [2.75, 3.05) is 0 Å². The van der Waals surface area contributed by atoms with Crippen LogP contribution in [0.1, 0.15) is 12.0 Å². The van der Waals surface area contributed by atoms with Crippen molar-refractivity contribution < 1.29 is 26.1 Å². The summed E-state index contributed by atoms with van der Waals surface area (Å²) >= 11 is 0. The predicted molar refractivity (Wildman–Crippen MR) is 85.3 cm³/mol. The van der Waals surface area contributed by atoms with Gasteiger partial charge in [-0.2, -0.15) is 17.7 Å². The third-order valence-electron chi connectivity index (χ3n) is 2.29. The van der Waals surface area contributed by atoms with E-state index in [0.29, 0.717) is 0 Å². The van der Waals surface area contributed by atoms with Gasteiger partial charge in [-0.25, -0.2) is 0 Å². The maximum atomic E-state index is 6.09. The van der Waals surface area contributed by atoms with Crippen molar-refractivity contribution in [3.05, 3.63) is 48.1 Å². The average Bonchev–Trinajstić information content (AvgIpc) is 2.69. The Balaban J connectivity index is 0. The van der Waals surface area contributed by atoms with Crippen LogP contribution in [0, 0.1) is 6.08 Å². The van der Waals surface area contributed by atoms with Crippen molar-refractivity contribution in [3.8, 4) is 5.75 Å². The molecule has 0 fully saturated rings. The normalized spacial score (nSPS) is 12.7. The van der Waals surface area contributed by atoms with E-state index < -0.39 is 8.32 Å². The molecule has 1 aliphatic rings. The van der Waals surface area contributed by atoms with Crippen LogP contribution in [-0.4, -0.2) is 8.32 Å². The second kappa shape index (κ2) is 9.04. The summed E-state index contributed by atoms with van der Waals surface area (Å²) in [5, 5.41) is 0. The van der Waals surface area contributed by atoms with Gasteiger partial charge in [0.15, 0.2) is 0 Å². The van der Waals surface area contributed by atoms with Crippen LogP contribution in [0.3, 0.4) is 0 Å². The van der Waals surface area contributed by atoms with Crippen molar-refractivity contribution in [1.29, 1.82) is 0 Å². The molecule has 0 amide bonds. The monoisotopic (exact) mass is 349 g/mol. The average molecular weight is 350 g/mol. The van der Waals surface area contributed by atoms with Gasteiger partial charge in [0, 0.05) is 21.7 Å². The summed E-state index contributed by atoms with van der Waals surface area (Å²) in [5.74, 6) is 0.996. The third kappa shape index (κ3) is 6.33. The first-order chi connectivity index (χ1) is 7.56. The molecule has 1 aromatic rings. The second-order valence-electron chi connectivity index (χ2n) is 4.91. The quantitative estimate of drug-likeness (QED) is 0.557. The predicted octanol–water partition coefficient (Wildman–Crippen LogP) is 4.89. The molecule has 2 rings (SSSR count). The number of para-hydroxylation sites is 1. The molecule has 0 saturated carbocycles. The first kappa shape index (κ1) is 21.3. The Bertz CT molecular complexity index is 453. The van der Waals surface area contributed by atoms with Crippen molar-refractivity contribution in [1.82, 2.24) is 0 Å². The summed E-state index contributed by atoms with van der Waals surface area (Å²) in [5.41, 5.74) is 2.33. The van der Waals surface area contributed by atoms with Crippen molar-refractivity contribution in [2.24, 2.45) is 0 Å². The van der Waals surface area contributed by atoms with E-state index in [1.165, 1.54) is 5.56 Å². The molecule has 0 unspecified atom stereocenters. The van der Waals surface area contributed by atoms with E-state index in [0.717, 1.165) is 17.7 Å². The molecule has 0 aliphatic heterocycles. The van der Waals surface area contributed by atoms with Crippen LogP contribution in [0.4, 0.5) is 0 Å². The molecule has 1 aliphatic carbocycles. The maximum Gasteiger partial charge on any atom is 0.240 e. The molecule has 0 spiro atoms. The largest absolute Gasteiger partial charge is 0.553 e. The molecule has 1 aromatic carbocycles. The maximum absolute atomic E-state index is 6.09. The SMILES string of the molecule is C[Si](C)(C)Oc1ccccc1C1=[C-]CC=C1.Cl.Cl.[Ti]. The Morgan fingerprint density at radius 2 is 1.74 bits per heavy atom. The van der Waals surface area contributed by atoms with Crippen molar-refractivity contribution >= 4 is 38.7 Å². The number of hydrogen-bond acceptors (Lipinski definition) is 1. The van der Waals surface area contributed by atoms with Crippen LogP contribution in [0.5, 0.6) is 5.75 Å². The Morgan fingerprint density at radius 3 is 2.26 bits per heavy atom. The fourth-order valence-electron chi connectivity index (χ4n) is 1.70. The zero-order valence-electron chi connectivity index (χ0n) is 11.4. The van der Waals surface area contributed by atoms with Gasteiger partial charge in [-0.1, -0.05) is 24.1 Å². The Morgan fingerprint density at radius 1 is 1.11 bits per heavy atom.